The molecule has 0 aromatic carbocycles. The molecule has 1 N–H and O–H groups in total. The monoisotopic (exact) mass is 452 g/mol. The van der Waals surface area contributed by atoms with Gasteiger partial charge in [0.1, 0.15) is 6.61 Å². The molecule has 5 nitrogen and oxygen atoms in total. The summed E-state index contributed by atoms with van der Waals surface area (Å²) in [7, 11) is 1.48. The number of nitrogens with zero attached hydrogens (tertiary/aromatic N) is 1. The van der Waals surface area contributed by atoms with E-state index < -0.39 is 0 Å². The van der Waals surface area contributed by atoms with Crippen molar-refractivity contribution in [2.75, 3.05) is 13.7 Å². The van der Waals surface area contributed by atoms with Crippen molar-refractivity contribution in [3.05, 3.63) is 12.3 Å². The van der Waals surface area contributed by atoms with E-state index in [9.17, 15) is 9.59 Å². The van der Waals surface area contributed by atoms with Crippen molar-refractivity contribution in [1.29, 1.82) is 0 Å². The second-order valence-electron chi connectivity index (χ2n) is 8.96. The third-order valence-electron chi connectivity index (χ3n) is 5.76. The number of nitrogens with one attached hydrogen (secondary N) is 1. The van der Waals surface area contributed by atoms with Crippen molar-refractivity contribution in [2.24, 2.45) is 0 Å². The molecule has 0 rings (SSSR count). The summed E-state index contributed by atoms with van der Waals surface area (Å²) in [6, 6.07) is 0. The topological polar surface area (TPSA) is 58.6 Å². The molecule has 0 unspecified atom stereocenters. The standard InChI is InChI=1S/C27H52N2O3/c1-4-6-8-10-12-13-14-15-16-18-20-22-24-29(28-26(30)25-32-3)27(31)23-21-19-17-11-9-7-5-2/h22,24H,4-21,23,25H2,1-3H3,(H,28,30). The van der Waals surface area contributed by atoms with Gasteiger partial charge < -0.3 is 4.74 Å². The lowest BCUT2D eigenvalue weighted by molar-refractivity contribution is -0.139. The van der Waals surface area contributed by atoms with Crippen LogP contribution in [-0.2, 0) is 14.3 Å². The Labute approximate surface area is 198 Å². The predicted molar refractivity (Wildman–Crippen MR) is 135 cm³/mol. The number of ether oxygens (including phenoxy) is 1. The number of hydrazine groups is 1. The third kappa shape index (κ3) is 20.5. The van der Waals surface area contributed by atoms with Crippen LogP contribution in [0.3, 0.4) is 0 Å². The summed E-state index contributed by atoms with van der Waals surface area (Å²) in [6.45, 7) is 4.43. The molecule has 0 saturated carbocycles. The van der Waals surface area contributed by atoms with Crippen LogP contribution in [-0.4, -0.2) is 30.5 Å². The summed E-state index contributed by atoms with van der Waals surface area (Å²) in [4.78, 5) is 24.5. The Morgan fingerprint density at radius 3 is 1.69 bits per heavy atom. The third-order valence-corrected chi connectivity index (χ3v) is 5.76. The van der Waals surface area contributed by atoms with E-state index >= 15 is 0 Å². The SMILES string of the molecule is CCCCCCCCCCCCC=CN(NC(=O)COC)C(=O)CCCCCCCCC. The van der Waals surface area contributed by atoms with Crippen molar-refractivity contribution < 1.29 is 14.3 Å². The maximum atomic E-state index is 12.6. The van der Waals surface area contributed by atoms with E-state index in [1.165, 1.54) is 102 Å². The van der Waals surface area contributed by atoms with Gasteiger partial charge in [-0.1, -0.05) is 116 Å². The smallest absolute Gasteiger partial charge is 0.264 e. The van der Waals surface area contributed by atoms with Gasteiger partial charge in [0.2, 0.25) is 5.91 Å². The van der Waals surface area contributed by atoms with Gasteiger partial charge in [-0.2, -0.15) is 0 Å². The van der Waals surface area contributed by atoms with E-state index in [-0.39, 0.29) is 18.4 Å². The van der Waals surface area contributed by atoms with Crippen molar-refractivity contribution in [3.8, 4) is 0 Å². The highest BCUT2D eigenvalue weighted by Gasteiger charge is 2.13. The Balaban J connectivity index is 4.07. The molecule has 0 aromatic rings. The quantitative estimate of drug-likeness (QED) is 0.137. The first-order chi connectivity index (χ1) is 15.7. The Hall–Kier alpha value is -1.36. The fourth-order valence-corrected chi connectivity index (χ4v) is 3.76. The zero-order chi connectivity index (χ0) is 23.7. The van der Waals surface area contributed by atoms with Crippen molar-refractivity contribution in [3.63, 3.8) is 0 Å². The molecule has 0 aromatic heterocycles. The van der Waals surface area contributed by atoms with Gasteiger partial charge in [-0.3, -0.25) is 15.0 Å². The van der Waals surface area contributed by atoms with Crippen LogP contribution in [0.15, 0.2) is 12.3 Å². The van der Waals surface area contributed by atoms with Crippen LogP contribution in [0, 0.1) is 0 Å². The van der Waals surface area contributed by atoms with E-state index in [0.29, 0.717) is 6.42 Å². The maximum absolute atomic E-state index is 12.6. The van der Waals surface area contributed by atoms with E-state index in [4.69, 9.17) is 4.74 Å². The van der Waals surface area contributed by atoms with Crippen LogP contribution in [0.1, 0.15) is 136 Å². The molecule has 0 heterocycles. The lowest BCUT2D eigenvalue weighted by Crippen LogP contribution is -2.44. The minimum atomic E-state index is -0.302. The summed E-state index contributed by atoms with van der Waals surface area (Å²) in [5, 5.41) is 1.36. The van der Waals surface area contributed by atoms with Gasteiger partial charge in [-0.05, 0) is 19.3 Å². The van der Waals surface area contributed by atoms with Gasteiger partial charge in [-0.15, -0.1) is 0 Å². The molecule has 0 atom stereocenters. The number of carbonyl (C=O) groups excluding carboxylic acids is 2. The van der Waals surface area contributed by atoms with Crippen LogP contribution in [0.2, 0.25) is 0 Å². The van der Waals surface area contributed by atoms with Crippen LogP contribution in [0.5, 0.6) is 0 Å². The lowest BCUT2D eigenvalue weighted by Gasteiger charge is -2.19. The van der Waals surface area contributed by atoms with Gasteiger partial charge >= 0.3 is 0 Å². The van der Waals surface area contributed by atoms with Crippen molar-refractivity contribution in [1.82, 2.24) is 10.4 Å². The first kappa shape index (κ1) is 30.6. The highest BCUT2D eigenvalue weighted by Crippen LogP contribution is 2.12. The molecular weight excluding hydrogens is 400 g/mol. The summed E-state index contributed by atoms with van der Waals surface area (Å²) in [5.41, 5.74) is 2.66. The fourth-order valence-electron chi connectivity index (χ4n) is 3.76. The molecule has 188 valence electrons. The molecule has 0 radical (unpaired) electrons. The molecule has 0 aliphatic heterocycles. The van der Waals surface area contributed by atoms with Gasteiger partial charge in [0, 0.05) is 19.7 Å². The average Bonchev–Trinajstić information content (AvgIpc) is 2.78. The molecule has 0 spiro atoms. The van der Waals surface area contributed by atoms with E-state index in [0.717, 1.165) is 25.7 Å². The average molecular weight is 453 g/mol. The molecule has 32 heavy (non-hydrogen) atoms. The van der Waals surface area contributed by atoms with E-state index in [2.05, 4.69) is 19.3 Å². The van der Waals surface area contributed by atoms with Gasteiger partial charge in [0.25, 0.3) is 5.91 Å². The second-order valence-corrected chi connectivity index (χ2v) is 8.96. The number of allylic oxidation sites excluding steroid dienone is 1. The number of methoxy groups -OCH3 is 1. The maximum Gasteiger partial charge on any atom is 0.264 e. The van der Waals surface area contributed by atoms with Gasteiger partial charge in [-0.25, -0.2) is 5.01 Å². The molecule has 0 saturated heterocycles. The molecule has 0 aliphatic carbocycles. The van der Waals surface area contributed by atoms with Crippen LogP contribution in [0.4, 0.5) is 0 Å². The highest BCUT2D eigenvalue weighted by molar-refractivity contribution is 5.83. The van der Waals surface area contributed by atoms with Crippen LogP contribution in [0.25, 0.3) is 0 Å². The summed E-state index contributed by atoms with van der Waals surface area (Å²) < 4.78 is 4.87. The normalized spacial score (nSPS) is 11.2. The lowest BCUT2D eigenvalue weighted by atomic mass is 10.1. The Bertz CT molecular complexity index is 466. The number of amides is 2. The van der Waals surface area contributed by atoms with Crippen molar-refractivity contribution in [2.45, 2.75) is 136 Å². The van der Waals surface area contributed by atoms with Gasteiger partial charge in [0.15, 0.2) is 0 Å². The minimum Gasteiger partial charge on any atom is -0.375 e. The van der Waals surface area contributed by atoms with E-state index in [1.54, 1.807) is 6.20 Å². The second kappa shape index (κ2) is 24.3. The zero-order valence-corrected chi connectivity index (χ0v) is 21.5. The molecule has 0 aliphatic rings. The number of hydrogen-bond acceptors (Lipinski definition) is 3. The molecular formula is C27H52N2O3. The minimum absolute atomic E-state index is 0.0481. The zero-order valence-electron chi connectivity index (χ0n) is 21.5. The van der Waals surface area contributed by atoms with Gasteiger partial charge in [0.05, 0.1) is 0 Å². The Kier molecular flexibility index (Phi) is 23.3. The van der Waals surface area contributed by atoms with Crippen molar-refractivity contribution >= 4 is 11.8 Å². The summed E-state index contributed by atoms with van der Waals surface area (Å²) in [6.07, 6.45) is 26.4. The number of hydrogen-bond donors (Lipinski definition) is 1. The first-order valence-corrected chi connectivity index (χ1v) is 13.4. The number of carbonyl (C=O) groups is 2. The molecule has 2 amide bonds. The largest absolute Gasteiger partial charge is 0.375 e. The summed E-state index contributed by atoms with van der Waals surface area (Å²) in [5.74, 6) is -0.355. The van der Waals surface area contributed by atoms with Crippen LogP contribution < -0.4 is 5.43 Å². The number of unbranched alkanes of at least 4 members (excludes halogenated alkanes) is 16. The van der Waals surface area contributed by atoms with E-state index in [1.807, 2.05) is 6.08 Å². The molecule has 5 heteroatoms. The Morgan fingerprint density at radius 2 is 1.19 bits per heavy atom. The summed E-state index contributed by atoms with van der Waals surface area (Å²) >= 11 is 0. The Morgan fingerprint density at radius 1 is 0.719 bits per heavy atom. The molecule has 0 bridgehead atoms. The van der Waals surface area contributed by atoms with Crippen LogP contribution >= 0.6 is 0 Å². The molecule has 0 fully saturated rings. The first-order valence-electron chi connectivity index (χ1n) is 13.4. The highest BCUT2D eigenvalue weighted by atomic mass is 16.5. The number of rotatable bonds is 22. The fraction of sp³-hybridized carbons (Fsp3) is 0.852. The predicted octanol–water partition coefficient (Wildman–Crippen LogP) is 7.46.